The number of hydrogen-bond donors (Lipinski definition) is 1. The number of aromatic amines is 1. The molecule has 1 aliphatic carbocycles. The summed E-state index contributed by atoms with van der Waals surface area (Å²) < 4.78 is 5.93. The Morgan fingerprint density at radius 3 is 2.90 bits per heavy atom. The summed E-state index contributed by atoms with van der Waals surface area (Å²) in [5, 5.41) is 0. The number of H-pyrrole nitrogens is 1. The van der Waals surface area contributed by atoms with Gasteiger partial charge in [0.05, 0.1) is 17.8 Å². The van der Waals surface area contributed by atoms with Gasteiger partial charge < -0.3 is 9.72 Å². The zero-order valence-corrected chi connectivity index (χ0v) is 12.9. The molecule has 0 saturated carbocycles. The second-order valence-corrected chi connectivity index (χ2v) is 6.90. The van der Waals surface area contributed by atoms with E-state index in [0.717, 1.165) is 13.2 Å². The van der Waals surface area contributed by atoms with Gasteiger partial charge in [0.2, 0.25) is 0 Å². The van der Waals surface area contributed by atoms with Crippen LogP contribution < -0.4 is 0 Å². The van der Waals surface area contributed by atoms with E-state index in [1.165, 1.54) is 81.5 Å². The largest absolute Gasteiger partial charge is 0.377 e. The molecule has 2 saturated heterocycles. The van der Waals surface area contributed by atoms with Crippen molar-refractivity contribution in [3.05, 3.63) is 17.2 Å². The maximum absolute atomic E-state index is 5.93. The third kappa shape index (κ3) is 2.88. The van der Waals surface area contributed by atoms with Crippen molar-refractivity contribution >= 4 is 0 Å². The minimum Gasteiger partial charge on any atom is -0.377 e. The number of rotatable bonds is 3. The van der Waals surface area contributed by atoms with Crippen molar-refractivity contribution < 1.29 is 4.74 Å². The molecule has 4 rings (SSSR count). The van der Waals surface area contributed by atoms with Crippen LogP contribution in [0.3, 0.4) is 0 Å². The van der Waals surface area contributed by atoms with Gasteiger partial charge in [-0.1, -0.05) is 0 Å². The Kier molecular flexibility index (Phi) is 3.99. The van der Waals surface area contributed by atoms with E-state index < -0.39 is 0 Å². The molecule has 2 aliphatic heterocycles. The van der Waals surface area contributed by atoms with Gasteiger partial charge in [0.25, 0.3) is 0 Å². The summed E-state index contributed by atoms with van der Waals surface area (Å²) in [6.45, 7) is 3.25. The number of ether oxygens (including phenoxy) is 1. The summed E-state index contributed by atoms with van der Waals surface area (Å²) in [6, 6.07) is 0.501. The highest BCUT2D eigenvalue weighted by atomic mass is 16.5. The fraction of sp³-hybridized carbons (Fsp3) is 0.824. The molecule has 3 aliphatic rings. The number of nitrogens with one attached hydrogen (secondary N) is 1. The molecule has 4 nitrogen and oxygen atoms in total. The Labute approximate surface area is 127 Å². The van der Waals surface area contributed by atoms with E-state index in [1.54, 1.807) is 0 Å². The lowest BCUT2D eigenvalue weighted by atomic mass is 10.0. The standard InChI is InChI=1S/C17H27N3O/c1-2-8-15-14(7-1)18-17(19-15)16-9-5-10-20(16)12-13-6-3-4-11-21-13/h13,16H,1-12H2,(H,18,19)/t13-,16+/m1/s1. The van der Waals surface area contributed by atoms with Crippen LogP contribution in [0.15, 0.2) is 0 Å². The highest BCUT2D eigenvalue weighted by Crippen LogP contribution is 2.33. The second kappa shape index (κ2) is 6.09. The molecule has 0 radical (unpaired) electrons. The SMILES string of the molecule is C1CC[C@H](CN2CCC[C@H]2c2nc3c([nH]2)CCCC3)OC1. The average Bonchev–Trinajstić information content (AvgIpc) is 3.14. The number of hydrogen-bond acceptors (Lipinski definition) is 3. The molecular formula is C17H27N3O. The third-order valence-corrected chi connectivity index (χ3v) is 5.36. The van der Waals surface area contributed by atoms with E-state index in [4.69, 9.17) is 9.72 Å². The smallest absolute Gasteiger partial charge is 0.124 e. The third-order valence-electron chi connectivity index (χ3n) is 5.36. The Balaban J connectivity index is 1.46. The fourth-order valence-corrected chi connectivity index (χ4v) is 4.20. The first kappa shape index (κ1) is 13.8. The van der Waals surface area contributed by atoms with E-state index in [1.807, 2.05) is 0 Å². The minimum atomic E-state index is 0.448. The lowest BCUT2D eigenvalue weighted by Crippen LogP contribution is -2.35. The quantitative estimate of drug-likeness (QED) is 0.930. The molecule has 4 heteroatoms. The van der Waals surface area contributed by atoms with Crippen LogP contribution in [0.1, 0.15) is 68.2 Å². The number of imidazole rings is 1. The lowest BCUT2D eigenvalue weighted by molar-refractivity contribution is -0.00853. The molecule has 1 N–H and O–H groups in total. The van der Waals surface area contributed by atoms with Crippen molar-refractivity contribution in [2.24, 2.45) is 0 Å². The van der Waals surface area contributed by atoms with Gasteiger partial charge in [-0.3, -0.25) is 4.90 Å². The summed E-state index contributed by atoms with van der Waals surface area (Å²) in [6.07, 6.45) is 11.8. The number of likely N-dealkylation sites (tertiary alicyclic amines) is 1. The number of aryl methyl sites for hydroxylation is 2. The van der Waals surface area contributed by atoms with Gasteiger partial charge in [0.15, 0.2) is 0 Å². The average molecular weight is 289 g/mol. The van der Waals surface area contributed by atoms with Crippen LogP contribution in [-0.2, 0) is 17.6 Å². The highest BCUT2D eigenvalue weighted by molar-refractivity contribution is 5.19. The Hall–Kier alpha value is -0.870. The van der Waals surface area contributed by atoms with Gasteiger partial charge >= 0.3 is 0 Å². The molecule has 0 spiro atoms. The molecule has 0 unspecified atom stereocenters. The van der Waals surface area contributed by atoms with Crippen molar-refractivity contribution in [1.82, 2.24) is 14.9 Å². The van der Waals surface area contributed by atoms with Crippen LogP contribution in [0.4, 0.5) is 0 Å². The topological polar surface area (TPSA) is 41.2 Å². The van der Waals surface area contributed by atoms with Crippen molar-refractivity contribution in [3.63, 3.8) is 0 Å². The van der Waals surface area contributed by atoms with E-state index >= 15 is 0 Å². The van der Waals surface area contributed by atoms with E-state index in [9.17, 15) is 0 Å². The zero-order chi connectivity index (χ0) is 14.1. The van der Waals surface area contributed by atoms with Crippen molar-refractivity contribution in [2.75, 3.05) is 19.7 Å². The summed E-state index contributed by atoms with van der Waals surface area (Å²) in [5.74, 6) is 1.23. The second-order valence-electron chi connectivity index (χ2n) is 6.90. The van der Waals surface area contributed by atoms with E-state index in [2.05, 4.69) is 9.88 Å². The predicted octanol–water partition coefficient (Wildman–Crippen LogP) is 2.99. The first-order valence-corrected chi connectivity index (χ1v) is 8.83. The van der Waals surface area contributed by atoms with Crippen LogP contribution >= 0.6 is 0 Å². The molecule has 0 bridgehead atoms. The van der Waals surface area contributed by atoms with Crippen molar-refractivity contribution in [3.8, 4) is 0 Å². The fourth-order valence-electron chi connectivity index (χ4n) is 4.20. The van der Waals surface area contributed by atoms with Gasteiger partial charge in [-0.05, 0) is 64.3 Å². The number of fused-ring (bicyclic) bond motifs is 1. The molecule has 0 aromatic carbocycles. The maximum atomic E-state index is 5.93. The Morgan fingerprint density at radius 1 is 1.10 bits per heavy atom. The monoisotopic (exact) mass is 289 g/mol. The number of nitrogens with zero attached hydrogens (tertiary/aromatic N) is 2. The summed E-state index contributed by atoms with van der Waals surface area (Å²) in [4.78, 5) is 11.2. The van der Waals surface area contributed by atoms with Gasteiger partial charge in [0.1, 0.15) is 5.82 Å². The van der Waals surface area contributed by atoms with E-state index in [-0.39, 0.29) is 0 Å². The van der Waals surface area contributed by atoms with Gasteiger partial charge in [-0.2, -0.15) is 0 Å². The Bertz CT molecular complexity index is 455. The lowest BCUT2D eigenvalue weighted by Gasteiger charge is -2.30. The first-order chi connectivity index (χ1) is 10.4. The van der Waals surface area contributed by atoms with Crippen LogP contribution in [-0.4, -0.2) is 40.7 Å². The predicted molar refractivity (Wildman–Crippen MR) is 82.4 cm³/mol. The van der Waals surface area contributed by atoms with Crippen LogP contribution in [0.5, 0.6) is 0 Å². The van der Waals surface area contributed by atoms with Crippen LogP contribution in [0.25, 0.3) is 0 Å². The molecular weight excluding hydrogens is 262 g/mol. The minimum absolute atomic E-state index is 0.448. The summed E-state index contributed by atoms with van der Waals surface area (Å²) >= 11 is 0. The van der Waals surface area contributed by atoms with Gasteiger partial charge in [-0.25, -0.2) is 4.98 Å². The normalized spacial score (nSPS) is 30.5. The molecule has 2 atom stereocenters. The summed E-state index contributed by atoms with van der Waals surface area (Å²) in [7, 11) is 0. The van der Waals surface area contributed by atoms with Gasteiger partial charge in [-0.15, -0.1) is 0 Å². The van der Waals surface area contributed by atoms with Crippen LogP contribution in [0.2, 0.25) is 0 Å². The first-order valence-electron chi connectivity index (χ1n) is 8.83. The maximum Gasteiger partial charge on any atom is 0.124 e. The number of aromatic nitrogens is 2. The molecule has 1 aromatic heterocycles. The molecule has 0 amide bonds. The Morgan fingerprint density at radius 2 is 2.05 bits per heavy atom. The van der Waals surface area contributed by atoms with Gasteiger partial charge in [0, 0.05) is 18.8 Å². The summed E-state index contributed by atoms with van der Waals surface area (Å²) in [5.41, 5.74) is 2.76. The van der Waals surface area contributed by atoms with Crippen molar-refractivity contribution in [2.45, 2.75) is 69.9 Å². The van der Waals surface area contributed by atoms with E-state index in [0.29, 0.717) is 12.1 Å². The molecule has 2 fully saturated rings. The molecule has 3 heterocycles. The molecule has 21 heavy (non-hydrogen) atoms. The molecule has 116 valence electrons. The zero-order valence-electron chi connectivity index (χ0n) is 12.9. The van der Waals surface area contributed by atoms with Crippen LogP contribution in [0, 0.1) is 0 Å². The highest BCUT2D eigenvalue weighted by Gasteiger charge is 2.31. The molecule has 1 aromatic rings. The van der Waals surface area contributed by atoms with Crippen molar-refractivity contribution in [1.29, 1.82) is 0 Å².